The molecule has 0 saturated heterocycles. The van der Waals surface area contributed by atoms with Gasteiger partial charge in [0.15, 0.2) is 0 Å². The minimum absolute atomic E-state index is 0.144. The molecule has 4 rings (SSSR count). The molecule has 256 valence electrons. The van der Waals surface area contributed by atoms with Gasteiger partial charge in [-0.25, -0.2) is 9.59 Å². The molecular weight excluding hydrogens is 651 g/mol. The molecule has 4 aromatic rings. The summed E-state index contributed by atoms with van der Waals surface area (Å²) in [6.07, 6.45) is 6.25. The van der Waals surface area contributed by atoms with E-state index in [0.29, 0.717) is 45.3 Å². The van der Waals surface area contributed by atoms with Crippen molar-refractivity contribution in [1.82, 2.24) is 25.5 Å². The Morgan fingerprint density at radius 1 is 0.729 bits per heavy atom. The van der Waals surface area contributed by atoms with Crippen LogP contribution in [0.5, 0.6) is 0 Å². The van der Waals surface area contributed by atoms with Crippen molar-refractivity contribution in [2.24, 2.45) is 0 Å². The maximum absolute atomic E-state index is 13.0. The Labute approximate surface area is 289 Å². The van der Waals surface area contributed by atoms with Gasteiger partial charge in [0.05, 0.1) is 27.9 Å². The zero-order chi connectivity index (χ0) is 33.8. The maximum atomic E-state index is 13.0. The van der Waals surface area contributed by atoms with Gasteiger partial charge in [-0.1, -0.05) is 67.1 Å². The summed E-state index contributed by atoms with van der Waals surface area (Å²) in [5.41, 5.74) is 5.56. The lowest BCUT2D eigenvalue weighted by Crippen LogP contribution is -2.50. The lowest BCUT2D eigenvalue weighted by molar-refractivity contribution is -0.140. The summed E-state index contributed by atoms with van der Waals surface area (Å²) < 4.78 is 15.9. The quantitative estimate of drug-likeness (QED) is 0.0649. The second-order valence-corrected chi connectivity index (χ2v) is 13.2. The summed E-state index contributed by atoms with van der Waals surface area (Å²) in [7, 11) is 1.40. The van der Waals surface area contributed by atoms with Crippen LogP contribution < -0.4 is 10.6 Å². The molecule has 2 N–H and O–H groups in total. The number of unbranched alkanes of at least 4 members (excludes halogenated alkanes) is 2. The highest BCUT2D eigenvalue weighted by Gasteiger charge is 2.23. The number of methoxy groups -OCH3 is 1. The van der Waals surface area contributed by atoms with Crippen LogP contribution in [0.2, 0.25) is 0 Å². The van der Waals surface area contributed by atoms with Gasteiger partial charge in [0, 0.05) is 44.0 Å². The summed E-state index contributed by atoms with van der Waals surface area (Å²) >= 11 is 2.85. The van der Waals surface area contributed by atoms with E-state index in [1.54, 1.807) is 23.4 Å². The number of rotatable bonds is 20. The molecule has 13 heteroatoms. The van der Waals surface area contributed by atoms with Crippen LogP contribution in [0.1, 0.15) is 46.6 Å². The first-order valence-corrected chi connectivity index (χ1v) is 17.7. The van der Waals surface area contributed by atoms with Crippen molar-refractivity contribution >= 4 is 40.8 Å². The fourth-order valence-electron chi connectivity index (χ4n) is 5.20. The molecule has 0 spiro atoms. The molecule has 2 heterocycles. The fraction of sp³-hybridized carbons (Fsp3) is 0.400. The van der Waals surface area contributed by atoms with Gasteiger partial charge in [0.1, 0.15) is 13.2 Å². The number of carbonyl (C=O) groups is 3. The Morgan fingerprint density at radius 2 is 1.23 bits per heavy atom. The molecule has 0 bridgehead atoms. The predicted octanol–water partition coefficient (Wildman–Crippen LogP) is 6.01. The third kappa shape index (κ3) is 14.2. The summed E-state index contributed by atoms with van der Waals surface area (Å²) in [4.78, 5) is 49.7. The first-order valence-electron chi connectivity index (χ1n) is 15.9. The molecule has 0 radical (unpaired) electrons. The Morgan fingerprint density at radius 3 is 1.67 bits per heavy atom. The number of nitrogens with one attached hydrogen (secondary N) is 2. The average Bonchev–Trinajstić information content (AvgIpc) is 3.82. The number of hydrogen-bond acceptors (Lipinski definition) is 11. The van der Waals surface area contributed by atoms with E-state index in [1.165, 1.54) is 29.8 Å². The van der Waals surface area contributed by atoms with Crippen molar-refractivity contribution in [3.05, 3.63) is 105 Å². The Balaban J connectivity index is 1.48. The molecule has 2 aromatic carbocycles. The lowest BCUT2D eigenvalue weighted by atomic mass is 10.0. The van der Waals surface area contributed by atoms with E-state index in [4.69, 9.17) is 14.2 Å². The van der Waals surface area contributed by atoms with Crippen molar-refractivity contribution in [2.45, 2.75) is 63.8 Å². The molecule has 2 amide bonds. The second kappa shape index (κ2) is 20.8. The number of esters is 1. The number of carbonyl (C=O) groups excluding carboxylic acids is 3. The molecule has 0 aliphatic rings. The first kappa shape index (κ1) is 36.5. The maximum Gasteiger partial charge on any atom is 0.407 e. The lowest BCUT2D eigenvalue weighted by Gasteiger charge is -2.31. The van der Waals surface area contributed by atoms with E-state index in [2.05, 4.69) is 25.5 Å². The standard InChI is InChI=1S/C35H43N5O6S2/c1-44-33(41)15-9-4-10-16-40(21-29(17-27-11-5-2-6-12-27)38-34(42)45-23-31-19-36-25-47-31)22-30(18-28-13-7-3-8-14-28)39-35(43)46-24-32-20-37-26-48-32/h2-3,5-8,11-14,19-20,25-26,29-30H,4,9-10,15-18,21-24H2,1H3,(H,38,42)(H,39,43)/t29-,30-/m1/s1. The van der Waals surface area contributed by atoms with Gasteiger partial charge in [-0.05, 0) is 43.4 Å². The number of benzene rings is 2. The van der Waals surface area contributed by atoms with E-state index < -0.39 is 12.2 Å². The Bertz CT molecular complexity index is 1380. The van der Waals surface area contributed by atoms with Crippen molar-refractivity contribution in [3.8, 4) is 0 Å². The fourth-order valence-corrected chi connectivity index (χ4v) is 6.21. The monoisotopic (exact) mass is 693 g/mol. The minimum atomic E-state index is -0.507. The van der Waals surface area contributed by atoms with Crippen molar-refractivity contribution in [2.75, 3.05) is 26.7 Å². The van der Waals surface area contributed by atoms with Crippen molar-refractivity contribution < 1.29 is 28.6 Å². The molecule has 2 atom stereocenters. The molecule has 11 nitrogen and oxygen atoms in total. The first-order chi connectivity index (χ1) is 23.5. The van der Waals surface area contributed by atoms with Crippen LogP contribution in [0.25, 0.3) is 0 Å². The van der Waals surface area contributed by atoms with Gasteiger partial charge in [-0.15, -0.1) is 22.7 Å². The third-order valence-electron chi connectivity index (χ3n) is 7.49. The van der Waals surface area contributed by atoms with Gasteiger partial charge in [-0.2, -0.15) is 0 Å². The van der Waals surface area contributed by atoms with Crippen LogP contribution in [-0.4, -0.2) is 71.9 Å². The van der Waals surface area contributed by atoms with Gasteiger partial charge < -0.3 is 24.8 Å². The van der Waals surface area contributed by atoms with E-state index in [1.807, 2.05) is 60.7 Å². The second-order valence-electron chi connectivity index (χ2n) is 11.3. The number of thiazole rings is 2. The zero-order valence-corrected chi connectivity index (χ0v) is 28.8. The van der Waals surface area contributed by atoms with E-state index in [-0.39, 0.29) is 31.3 Å². The third-order valence-corrected chi connectivity index (χ3v) is 9.00. The summed E-state index contributed by atoms with van der Waals surface area (Å²) in [5, 5.41) is 6.17. The van der Waals surface area contributed by atoms with Crippen LogP contribution >= 0.6 is 22.7 Å². The Hall–Kier alpha value is -4.33. The summed E-state index contributed by atoms with van der Waals surface area (Å²) in [6, 6.07) is 19.4. The highest BCUT2D eigenvalue weighted by atomic mass is 32.1. The van der Waals surface area contributed by atoms with Crippen LogP contribution in [0, 0.1) is 0 Å². The van der Waals surface area contributed by atoms with Gasteiger partial charge >= 0.3 is 18.2 Å². The van der Waals surface area contributed by atoms with Crippen LogP contribution in [0.3, 0.4) is 0 Å². The molecular formula is C35H43N5O6S2. The largest absolute Gasteiger partial charge is 0.469 e. The molecule has 0 unspecified atom stereocenters. The van der Waals surface area contributed by atoms with Crippen molar-refractivity contribution in [1.29, 1.82) is 0 Å². The molecule has 48 heavy (non-hydrogen) atoms. The van der Waals surface area contributed by atoms with E-state index in [0.717, 1.165) is 33.7 Å². The average molecular weight is 694 g/mol. The molecule has 0 aliphatic carbocycles. The predicted molar refractivity (Wildman–Crippen MR) is 186 cm³/mol. The molecule has 0 aliphatic heterocycles. The summed E-state index contributed by atoms with van der Waals surface area (Å²) in [5.74, 6) is -0.222. The smallest absolute Gasteiger partial charge is 0.407 e. The van der Waals surface area contributed by atoms with Crippen LogP contribution in [0.4, 0.5) is 9.59 Å². The number of alkyl carbamates (subject to hydrolysis) is 2. The van der Waals surface area contributed by atoms with Crippen LogP contribution in [0.15, 0.2) is 84.1 Å². The number of hydrogen-bond donors (Lipinski definition) is 2. The van der Waals surface area contributed by atoms with Gasteiger partial charge in [0.2, 0.25) is 0 Å². The SMILES string of the molecule is COC(=O)CCCCCN(C[C@@H](Cc1ccccc1)NC(=O)OCc1cncs1)C[C@@H](Cc1ccccc1)NC(=O)OCc1cncs1. The zero-order valence-electron chi connectivity index (χ0n) is 27.1. The number of aromatic nitrogens is 2. The normalized spacial score (nSPS) is 12.2. The number of ether oxygens (including phenoxy) is 3. The van der Waals surface area contributed by atoms with Gasteiger partial charge in [-0.3, -0.25) is 19.7 Å². The molecule has 2 aromatic heterocycles. The van der Waals surface area contributed by atoms with E-state index in [9.17, 15) is 14.4 Å². The van der Waals surface area contributed by atoms with E-state index >= 15 is 0 Å². The number of amides is 2. The molecule has 0 saturated carbocycles. The van der Waals surface area contributed by atoms with Gasteiger partial charge in [0.25, 0.3) is 0 Å². The van der Waals surface area contributed by atoms with Crippen molar-refractivity contribution in [3.63, 3.8) is 0 Å². The number of nitrogens with zero attached hydrogens (tertiary/aromatic N) is 3. The summed E-state index contributed by atoms with van der Waals surface area (Å²) in [6.45, 7) is 1.98. The highest BCUT2D eigenvalue weighted by molar-refractivity contribution is 7.09. The minimum Gasteiger partial charge on any atom is -0.469 e. The Kier molecular flexibility index (Phi) is 15.8. The topological polar surface area (TPSA) is 132 Å². The highest BCUT2D eigenvalue weighted by Crippen LogP contribution is 2.13. The molecule has 0 fully saturated rings. The van der Waals surface area contributed by atoms with Crippen LogP contribution in [-0.2, 0) is 45.1 Å².